The van der Waals surface area contributed by atoms with E-state index in [1.54, 1.807) is 11.8 Å². The van der Waals surface area contributed by atoms with Crippen molar-refractivity contribution in [2.75, 3.05) is 13.1 Å². The van der Waals surface area contributed by atoms with E-state index in [0.29, 0.717) is 0 Å². The van der Waals surface area contributed by atoms with Crippen LogP contribution < -0.4 is 0 Å². The van der Waals surface area contributed by atoms with Crippen LogP contribution in [0.15, 0.2) is 59.5 Å². The van der Waals surface area contributed by atoms with Gasteiger partial charge in [-0.2, -0.15) is 0 Å². The molecule has 3 heteroatoms. The van der Waals surface area contributed by atoms with Gasteiger partial charge >= 0.3 is 0 Å². The van der Waals surface area contributed by atoms with E-state index in [1.807, 2.05) is 49.1 Å². The van der Waals surface area contributed by atoms with Crippen molar-refractivity contribution in [1.29, 1.82) is 0 Å². The third-order valence-electron chi connectivity index (χ3n) is 3.68. The first kappa shape index (κ1) is 16.6. The van der Waals surface area contributed by atoms with E-state index in [9.17, 15) is 4.79 Å². The summed E-state index contributed by atoms with van der Waals surface area (Å²) in [4.78, 5) is 15.9. The fourth-order valence-electron chi connectivity index (χ4n) is 2.34. The van der Waals surface area contributed by atoms with Gasteiger partial charge in [0.2, 0.25) is 5.91 Å². The zero-order chi connectivity index (χ0) is 15.9. The molecule has 116 valence electrons. The Bertz CT molecular complexity index is 591. The lowest BCUT2D eigenvalue weighted by Crippen LogP contribution is -2.33. The van der Waals surface area contributed by atoms with Crippen LogP contribution >= 0.6 is 11.8 Å². The van der Waals surface area contributed by atoms with E-state index >= 15 is 0 Å². The Morgan fingerprint density at radius 1 is 1.00 bits per heavy atom. The van der Waals surface area contributed by atoms with Gasteiger partial charge in [-0.15, -0.1) is 11.8 Å². The van der Waals surface area contributed by atoms with Gasteiger partial charge in [0.1, 0.15) is 5.25 Å². The zero-order valence-corrected chi connectivity index (χ0v) is 14.3. The molecule has 0 heterocycles. The number of amides is 1. The molecular formula is C19H23NOS. The molecule has 22 heavy (non-hydrogen) atoms. The Morgan fingerprint density at radius 2 is 1.59 bits per heavy atom. The van der Waals surface area contributed by atoms with Gasteiger partial charge < -0.3 is 4.90 Å². The molecule has 2 rings (SSSR count). The Morgan fingerprint density at radius 3 is 2.14 bits per heavy atom. The summed E-state index contributed by atoms with van der Waals surface area (Å²) in [5, 5.41) is -0.191. The highest BCUT2D eigenvalue weighted by Gasteiger charge is 2.25. The standard InChI is InChI=1S/C19H23NOS/c1-4-20(5-2)19(21)18(16-9-7-6-8-10-16)22-17-13-11-15(3)12-14-17/h6-14,18H,4-5H2,1-3H3. The Kier molecular flexibility index (Phi) is 6.08. The van der Waals surface area contributed by atoms with Crippen molar-refractivity contribution in [3.05, 3.63) is 65.7 Å². The van der Waals surface area contributed by atoms with Crippen LogP contribution in [0.4, 0.5) is 0 Å². The highest BCUT2D eigenvalue weighted by atomic mass is 32.2. The van der Waals surface area contributed by atoms with E-state index in [4.69, 9.17) is 0 Å². The summed E-state index contributed by atoms with van der Waals surface area (Å²) in [6.07, 6.45) is 0. The number of hydrogen-bond acceptors (Lipinski definition) is 2. The SMILES string of the molecule is CCN(CC)C(=O)C(Sc1ccc(C)cc1)c1ccccc1. The molecule has 0 spiro atoms. The average molecular weight is 313 g/mol. The van der Waals surface area contributed by atoms with Gasteiger partial charge in [-0.05, 0) is 38.5 Å². The van der Waals surface area contributed by atoms with Gasteiger partial charge in [-0.3, -0.25) is 4.79 Å². The Hall–Kier alpha value is -1.74. The lowest BCUT2D eigenvalue weighted by molar-refractivity contribution is -0.130. The molecule has 0 saturated carbocycles. The molecule has 0 bridgehead atoms. The number of aryl methyl sites for hydroxylation is 1. The van der Waals surface area contributed by atoms with Crippen LogP contribution in [0, 0.1) is 6.92 Å². The molecule has 0 aliphatic rings. The second-order valence-corrected chi connectivity index (χ2v) is 6.41. The molecule has 0 aliphatic carbocycles. The molecule has 0 N–H and O–H groups in total. The van der Waals surface area contributed by atoms with E-state index in [1.165, 1.54) is 5.56 Å². The minimum atomic E-state index is -0.191. The van der Waals surface area contributed by atoms with Crippen LogP contribution in [-0.4, -0.2) is 23.9 Å². The van der Waals surface area contributed by atoms with Gasteiger partial charge in [-0.25, -0.2) is 0 Å². The molecule has 0 radical (unpaired) electrons. The third kappa shape index (κ3) is 4.14. The van der Waals surface area contributed by atoms with Crippen molar-refractivity contribution in [1.82, 2.24) is 4.90 Å². The van der Waals surface area contributed by atoms with E-state index in [0.717, 1.165) is 23.5 Å². The molecule has 2 nitrogen and oxygen atoms in total. The zero-order valence-electron chi connectivity index (χ0n) is 13.5. The number of hydrogen-bond donors (Lipinski definition) is 0. The van der Waals surface area contributed by atoms with E-state index in [-0.39, 0.29) is 11.2 Å². The highest BCUT2D eigenvalue weighted by Crippen LogP contribution is 2.36. The van der Waals surface area contributed by atoms with E-state index < -0.39 is 0 Å². The lowest BCUT2D eigenvalue weighted by Gasteiger charge is -2.25. The maximum Gasteiger partial charge on any atom is 0.240 e. The molecule has 0 fully saturated rings. The van der Waals surface area contributed by atoms with Crippen LogP contribution in [0.3, 0.4) is 0 Å². The van der Waals surface area contributed by atoms with Crippen molar-refractivity contribution in [2.24, 2.45) is 0 Å². The number of likely N-dealkylation sites (N-methyl/N-ethyl adjacent to an activating group) is 1. The average Bonchev–Trinajstić information content (AvgIpc) is 2.56. The number of nitrogens with zero attached hydrogens (tertiary/aromatic N) is 1. The molecule has 0 saturated heterocycles. The second-order valence-electron chi connectivity index (χ2n) is 5.23. The molecule has 0 aliphatic heterocycles. The van der Waals surface area contributed by atoms with Crippen molar-refractivity contribution in [3.8, 4) is 0 Å². The minimum absolute atomic E-state index is 0.182. The number of rotatable bonds is 6. The Labute approximate surface area is 137 Å². The van der Waals surface area contributed by atoms with Gasteiger partial charge in [0, 0.05) is 18.0 Å². The molecule has 2 aromatic carbocycles. The van der Waals surface area contributed by atoms with Crippen LogP contribution in [0.25, 0.3) is 0 Å². The fraction of sp³-hybridized carbons (Fsp3) is 0.316. The van der Waals surface area contributed by atoms with Gasteiger partial charge in [-0.1, -0.05) is 48.0 Å². The molecule has 0 aromatic heterocycles. The largest absolute Gasteiger partial charge is 0.342 e. The van der Waals surface area contributed by atoms with E-state index in [2.05, 4.69) is 31.2 Å². The molecule has 2 aromatic rings. The normalized spacial score (nSPS) is 12.0. The first-order valence-corrected chi connectivity index (χ1v) is 8.60. The molecular weight excluding hydrogens is 290 g/mol. The fourth-order valence-corrected chi connectivity index (χ4v) is 3.45. The Balaban J connectivity index is 2.29. The summed E-state index contributed by atoms with van der Waals surface area (Å²) >= 11 is 1.63. The molecule has 1 atom stereocenters. The third-order valence-corrected chi connectivity index (χ3v) is 4.93. The van der Waals surface area contributed by atoms with Crippen molar-refractivity contribution in [3.63, 3.8) is 0 Å². The lowest BCUT2D eigenvalue weighted by atomic mass is 10.1. The number of carbonyl (C=O) groups excluding carboxylic acids is 1. The predicted molar refractivity (Wildman–Crippen MR) is 94.1 cm³/mol. The summed E-state index contributed by atoms with van der Waals surface area (Å²) in [5.74, 6) is 0.182. The second kappa shape index (κ2) is 8.04. The minimum Gasteiger partial charge on any atom is -0.342 e. The van der Waals surface area contributed by atoms with Gasteiger partial charge in [0.15, 0.2) is 0 Å². The predicted octanol–water partition coefficient (Wildman–Crippen LogP) is 4.70. The first-order chi connectivity index (χ1) is 10.7. The first-order valence-electron chi connectivity index (χ1n) is 7.72. The highest BCUT2D eigenvalue weighted by molar-refractivity contribution is 8.00. The maximum absolute atomic E-state index is 12.9. The quantitative estimate of drug-likeness (QED) is 0.721. The van der Waals surface area contributed by atoms with Gasteiger partial charge in [0.25, 0.3) is 0 Å². The number of thioether (sulfide) groups is 1. The monoisotopic (exact) mass is 313 g/mol. The summed E-state index contributed by atoms with van der Waals surface area (Å²) in [6, 6.07) is 18.4. The summed E-state index contributed by atoms with van der Waals surface area (Å²) in [7, 11) is 0. The molecule has 1 amide bonds. The van der Waals surface area contributed by atoms with Crippen LogP contribution in [0.2, 0.25) is 0 Å². The van der Waals surface area contributed by atoms with Crippen molar-refractivity contribution >= 4 is 17.7 Å². The van der Waals surface area contributed by atoms with Crippen LogP contribution in [0.1, 0.15) is 30.2 Å². The topological polar surface area (TPSA) is 20.3 Å². The summed E-state index contributed by atoms with van der Waals surface area (Å²) in [6.45, 7) is 7.62. The number of carbonyl (C=O) groups is 1. The van der Waals surface area contributed by atoms with Crippen molar-refractivity contribution in [2.45, 2.75) is 30.9 Å². The smallest absolute Gasteiger partial charge is 0.240 e. The molecule has 1 unspecified atom stereocenters. The van der Waals surface area contributed by atoms with Crippen molar-refractivity contribution < 1.29 is 4.79 Å². The summed E-state index contributed by atoms with van der Waals surface area (Å²) in [5.41, 5.74) is 2.29. The van der Waals surface area contributed by atoms with Gasteiger partial charge in [0.05, 0.1) is 0 Å². The van der Waals surface area contributed by atoms with Crippen LogP contribution in [-0.2, 0) is 4.79 Å². The van der Waals surface area contributed by atoms with Crippen LogP contribution in [0.5, 0.6) is 0 Å². The summed E-state index contributed by atoms with van der Waals surface area (Å²) < 4.78 is 0. The maximum atomic E-state index is 12.9. The number of benzene rings is 2.